The van der Waals surface area contributed by atoms with E-state index in [1.54, 1.807) is 12.4 Å². The van der Waals surface area contributed by atoms with Gasteiger partial charge < -0.3 is 9.72 Å². The molecule has 8 heteroatoms. The van der Waals surface area contributed by atoms with Crippen LogP contribution in [0.2, 0.25) is 0 Å². The fraction of sp³-hybridized carbons (Fsp3) is 0.462. The summed E-state index contributed by atoms with van der Waals surface area (Å²) in [7, 11) is -2.03. The fourth-order valence-corrected chi connectivity index (χ4v) is 4.17. The molecule has 1 atom stereocenters. The first kappa shape index (κ1) is 16.3. The van der Waals surface area contributed by atoms with E-state index in [4.69, 9.17) is 4.74 Å². The summed E-state index contributed by atoms with van der Waals surface area (Å²) in [4.78, 5) is 7.15. The lowest BCUT2D eigenvalue weighted by molar-refractivity contribution is 0.0829. The van der Waals surface area contributed by atoms with Gasteiger partial charge in [-0.25, -0.2) is 13.4 Å². The summed E-state index contributed by atoms with van der Waals surface area (Å²) in [6.07, 6.45) is 3.00. The third-order valence-electron chi connectivity index (χ3n) is 3.23. The van der Waals surface area contributed by atoms with Gasteiger partial charge in [0.15, 0.2) is 5.82 Å². The number of fused-ring (bicyclic) bond motifs is 1. The maximum Gasteiger partial charge on any atom is 0.236 e. The van der Waals surface area contributed by atoms with Crippen LogP contribution in [0.4, 0.5) is 5.82 Å². The molecule has 0 aliphatic carbocycles. The topological polar surface area (TPSA) is 84.1 Å². The van der Waals surface area contributed by atoms with Crippen LogP contribution in [-0.4, -0.2) is 37.4 Å². The first-order valence-electron chi connectivity index (χ1n) is 6.49. The van der Waals surface area contributed by atoms with E-state index in [2.05, 4.69) is 30.6 Å². The molecule has 0 bridgehead atoms. The highest BCUT2D eigenvalue weighted by Gasteiger charge is 2.23. The van der Waals surface area contributed by atoms with Crippen molar-refractivity contribution in [2.75, 3.05) is 17.6 Å². The molecule has 2 aromatic heterocycles. The van der Waals surface area contributed by atoms with Gasteiger partial charge >= 0.3 is 0 Å². The average Bonchev–Trinajstić information content (AvgIpc) is 2.88. The highest BCUT2D eigenvalue weighted by Crippen LogP contribution is 2.29. The molecule has 2 rings (SSSR count). The standard InChI is InChI=1S/C13H18BrN3O3S/c1-8(2)11(20-3)7-21(18,19)17-13-12(14)9-4-5-15-10(9)6-16-13/h4-6,8,11,15H,7H2,1-3H3,(H,16,17). The Morgan fingerprint density at radius 3 is 2.81 bits per heavy atom. The number of nitrogens with one attached hydrogen (secondary N) is 2. The van der Waals surface area contributed by atoms with Gasteiger partial charge in [0, 0.05) is 18.7 Å². The van der Waals surface area contributed by atoms with Crippen molar-refractivity contribution in [3.8, 4) is 0 Å². The molecule has 0 aromatic carbocycles. The number of hydrogen-bond donors (Lipinski definition) is 2. The van der Waals surface area contributed by atoms with Crippen molar-refractivity contribution in [2.24, 2.45) is 5.92 Å². The minimum Gasteiger partial charge on any atom is -0.380 e. The van der Waals surface area contributed by atoms with E-state index in [1.807, 2.05) is 19.9 Å². The number of hydrogen-bond acceptors (Lipinski definition) is 4. The Hall–Kier alpha value is -1.12. The van der Waals surface area contributed by atoms with E-state index in [0.29, 0.717) is 4.47 Å². The molecule has 0 radical (unpaired) electrons. The van der Waals surface area contributed by atoms with Crippen LogP contribution in [-0.2, 0) is 14.8 Å². The Kier molecular flexibility index (Phi) is 4.90. The van der Waals surface area contributed by atoms with Crippen LogP contribution >= 0.6 is 15.9 Å². The molecular formula is C13H18BrN3O3S. The molecule has 0 aliphatic heterocycles. The Bertz CT molecular complexity index is 727. The number of ether oxygens (including phenoxy) is 1. The van der Waals surface area contributed by atoms with Gasteiger partial charge in [-0.1, -0.05) is 13.8 Å². The van der Waals surface area contributed by atoms with E-state index in [1.165, 1.54) is 7.11 Å². The van der Waals surface area contributed by atoms with Crippen molar-refractivity contribution >= 4 is 42.7 Å². The third-order valence-corrected chi connectivity index (χ3v) is 5.30. The molecule has 2 heterocycles. The summed E-state index contributed by atoms with van der Waals surface area (Å²) in [5, 5.41) is 0.870. The largest absolute Gasteiger partial charge is 0.380 e. The molecule has 0 saturated heterocycles. The number of anilines is 1. The molecule has 116 valence electrons. The molecule has 21 heavy (non-hydrogen) atoms. The van der Waals surface area contributed by atoms with Crippen LogP contribution < -0.4 is 4.72 Å². The lowest BCUT2D eigenvalue weighted by Gasteiger charge is -2.19. The molecule has 6 nitrogen and oxygen atoms in total. The fourth-order valence-electron chi connectivity index (χ4n) is 2.00. The number of aromatic amines is 1. The van der Waals surface area contributed by atoms with Gasteiger partial charge in [-0.2, -0.15) is 0 Å². The number of halogens is 1. The third kappa shape index (κ3) is 3.75. The molecule has 0 aliphatic rings. The minimum atomic E-state index is -3.54. The van der Waals surface area contributed by atoms with Crippen molar-refractivity contribution in [1.82, 2.24) is 9.97 Å². The van der Waals surface area contributed by atoms with Crippen molar-refractivity contribution < 1.29 is 13.2 Å². The molecular weight excluding hydrogens is 358 g/mol. The zero-order valence-corrected chi connectivity index (χ0v) is 14.5. The lowest BCUT2D eigenvalue weighted by atomic mass is 10.1. The summed E-state index contributed by atoms with van der Waals surface area (Å²) in [5.74, 6) is 0.274. The monoisotopic (exact) mass is 375 g/mol. The number of pyridine rings is 1. The van der Waals surface area contributed by atoms with Gasteiger partial charge in [0.1, 0.15) is 0 Å². The van der Waals surface area contributed by atoms with Crippen LogP contribution in [0.3, 0.4) is 0 Å². The van der Waals surface area contributed by atoms with Gasteiger partial charge in [-0.05, 0) is 27.9 Å². The zero-order valence-electron chi connectivity index (χ0n) is 12.1. The highest BCUT2D eigenvalue weighted by molar-refractivity contribution is 9.10. The van der Waals surface area contributed by atoms with Crippen molar-refractivity contribution in [1.29, 1.82) is 0 Å². The second-order valence-corrected chi connectivity index (χ2v) is 7.69. The zero-order chi connectivity index (χ0) is 15.6. The van der Waals surface area contributed by atoms with E-state index in [-0.39, 0.29) is 23.6 Å². The molecule has 2 aromatic rings. The van der Waals surface area contributed by atoms with Gasteiger partial charge in [-0.3, -0.25) is 4.72 Å². The molecule has 2 N–H and O–H groups in total. The number of aromatic nitrogens is 2. The number of sulfonamides is 1. The summed E-state index contributed by atoms with van der Waals surface area (Å²) < 4.78 is 32.8. The maximum absolute atomic E-state index is 12.2. The molecule has 0 spiro atoms. The van der Waals surface area contributed by atoms with Crippen molar-refractivity contribution in [2.45, 2.75) is 20.0 Å². The molecule has 0 amide bonds. The Labute approximate surface area is 132 Å². The highest BCUT2D eigenvalue weighted by atomic mass is 79.9. The Morgan fingerprint density at radius 1 is 1.48 bits per heavy atom. The predicted octanol–water partition coefficient (Wildman–Crippen LogP) is 2.74. The Morgan fingerprint density at radius 2 is 2.19 bits per heavy atom. The number of methoxy groups -OCH3 is 1. The lowest BCUT2D eigenvalue weighted by Crippen LogP contribution is -2.31. The number of nitrogens with zero attached hydrogens (tertiary/aromatic N) is 1. The second-order valence-electron chi connectivity index (χ2n) is 5.13. The Balaban J connectivity index is 2.24. The van der Waals surface area contributed by atoms with Crippen LogP contribution in [0.5, 0.6) is 0 Å². The first-order chi connectivity index (χ1) is 9.84. The van der Waals surface area contributed by atoms with Gasteiger partial charge in [0.25, 0.3) is 0 Å². The summed E-state index contributed by atoms with van der Waals surface area (Å²) in [5.41, 5.74) is 0.835. The van der Waals surface area contributed by atoms with Crippen LogP contribution in [0.1, 0.15) is 13.8 Å². The van der Waals surface area contributed by atoms with Gasteiger partial charge in [0.2, 0.25) is 10.0 Å². The summed E-state index contributed by atoms with van der Waals surface area (Å²) >= 11 is 3.39. The molecule has 0 saturated carbocycles. The maximum atomic E-state index is 12.2. The van der Waals surface area contributed by atoms with Crippen molar-refractivity contribution in [3.05, 3.63) is 22.9 Å². The average molecular weight is 376 g/mol. The quantitative estimate of drug-likeness (QED) is 0.812. The number of H-pyrrole nitrogens is 1. The summed E-state index contributed by atoms with van der Waals surface area (Å²) in [6.45, 7) is 3.84. The molecule has 1 unspecified atom stereocenters. The SMILES string of the molecule is COC(CS(=O)(=O)Nc1ncc2[nH]ccc2c1Br)C(C)C. The van der Waals surface area contributed by atoms with Crippen LogP contribution in [0.25, 0.3) is 10.9 Å². The van der Waals surface area contributed by atoms with E-state index in [9.17, 15) is 8.42 Å². The second kappa shape index (κ2) is 6.33. The van der Waals surface area contributed by atoms with Gasteiger partial charge in [-0.15, -0.1) is 0 Å². The van der Waals surface area contributed by atoms with Crippen molar-refractivity contribution in [3.63, 3.8) is 0 Å². The van der Waals surface area contributed by atoms with E-state index >= 15 is 0 Å². The predicted molar refractivity (Wildman–Crippen MR) is 86.8 cm³/mol. The van der Waals surface area contributed by atoms with Crippen LogP contribution in [0.15, 0.2) is 22.9 Å². The first-order valence-corrected chi connectivity index (χ1v) is 8.93. The molecule has 0 fully saturated rings. The van der Waals surface area contributed by atoms with E-state index in [0.717, 1.165) is 10.9 Å². The summed E-state index contributed by atoms with van der Waals surface area (Å²) in [6, 6.07) is 1.85. The van der Waals surface area contributed by atoms with Gasteiger partial charge in [0.05, 0.1) is 28.0 Å². The smallest absolute Gasteiger partial charge is 0.236 e. The number of rotatable bonds is 6. The minimum absolute atomic E-state index is 0.107. The van der Waals surface area contributed by atoms with E-state index < -0.39 is 10.0 Å². The normalized spacial score (nSPS) is 13.8. The van der Waals surface area contributed by atoms with Crippen LogP contribution in [0, 0.1) is 5.92 Å².